The summed E-state index contributed by atoms with van der Waals surface area (Å²) in [4.78, 5) is 0. The number of rotatable bonds is 6. The molecule has 0 spiro atoms. The monoisotopic (exact) mass is 252 g/mol. The molecule has 1 aromatic carbocycles. The van der Waals surface area contributed by atoms with Gasteiger partial charge < -0.3 is 4.74 Å². The van der Waals surface area contributed by atoms with E-state index in [1.54, 1.807) is 0 Å². The molecule has 0 heterocycles. The number of hydrogen-bond donors (Lipinski definition) is 1. The van der Waals surface area contributed by atoms with Crippen LogP contribution in [0.1, 0.15) is 49.3 Å². The summed E-state index contributed by atoms with van der Waals surface area (Å²) in [5, 5.41) is 0. The van der Waals surface area contributed by atoms with Gasteiger partial charge in [0.25, 0.3) is 0 Å². The van der Waals surface area contributed by atoms with Crippen LogP contribution < -0.4 is 4.74 Å². The Bertz CT molecular complexity index is 337. The minimum absolute atomic E-state index is 0.577. The minimum Gasteiger partial charge on any atom is -0.494 e. The predicted molar refractivity (Wildman–Crippen MR) is 78.6 cm³/mol. The molecule has 0 aliphatic rings. The van der Waals surface area contributed by atoms with Crippen LogP contribution in [-0.2, 0) is 0 Å². The zero-order valence-corrected chi connectivity index (χ0v) is 12.3. The lowest BCUT2D eigenvalue weighted by atomic mass is 9.90. The Balaban J connectivity index is 2.93. The molecular formula is C15H24OS. The fraction of sp³-hybridized carbons (Fsp3) is 0.600. The summed E-state index contributed by atoms with van der Waals surface area (Å²) in [6.07, 6.45) is 2.18. The first-order chi connectivity index (χ1) is 8.10. The number of hydrogen-bond acceptors (Lipinski definition) is 2. The number of benzene rings is 1. The first-order valence-electron chi connectivity index (χ1n) is 6.45. The highest BCUT2D eigenvalue weighted by molar-refractivity contribution is 7.80. The van der Waals surface area contributed by atoms with Gasteiger partial charge in [0.1, 0.15) is 5.75 Å². The summed E-state index contributed by atoms with van der Waals surface area (Å²) in [5.74, 6) is 2.52. The van der Waals surface area contributed by atoms with Crippen molar-refractivity contribution < 1.29 is 4.74 Å². The van der Waals surface area contributed by atoms with E-state index in [4.69, 9.17) is 4.74 Å². The Morgan fingerprint density at radius 3 is 2.29 bits per heavy atom. The molecule has 0 N–H and O–H groups in total. The van der Waals surface area contributed by atoms with Gasteiger partial charge in [-0.2, -0.15) is 12.6 Å². The molecule has 2 heteroatoms. The van der Waals surface area contributed by atoms with E-state index < -0.39 is 0 Å². The van der Waals surface area contributed by atoms with Gasteiger partial charge >= 0.3 is 0 Å². The molecular weight excluding hydrogens is 228 g/mol. The molecule has 1 unspecified atom stereocenters. The fourth-order valence-electron chi connectivity index (χ4n) is 2.35. The molecule has 17 heavy (non-hydrogen) atoms. The second-order valence-corrected chi connectivity index (χ2v) is 5.18. The van der Waals surface area contributed by atoms with Gasteiger partial charge in [-0.25, -0.2) is 0 Å². The van der Waals surface area contributed by atoms with Crippen molar-refractivity contribution >= 4 is 12.6 Å². The van der Waals surface area contributed by atoms with E-state index in [1.807, 2.05) is 0 Å². The highest BCUT2D eigenvalue weighted by Crippen LogP contribution is 2.30. The molecule has 0 radical (unpaired) electrons. The van der Waals surface area contributed by atoms with E-state index in [2.05, 4.69) is 52.5 Å². The van der Waals surface area contributed by atoms with E-state index in [-0.39, 0.29) is 0 Å². The largest absolute Gasteiger partial charge is 0.494 e. The highest BCUT2D eigenvalue weighted by atomic mass is 32.1. The second-order valence-electron chi connectivity index (χ2n) is 4.73. The SMILES string of the molecule is CCCOc1cc(C)c(C(C)CCS)c(C)c1. The smallest absolute Gasteiger partial charge is 0.119 e. The molecule has 96 valence electrons. The van der Waals surface area contributed by atoms with E-state index in [0.29, 0.717) is 5.92 Å². The Morgan fingerprint density at radius 2 is 1.82 bits per heavy atom. The Hall–Kier alpha value is -0.630. The molecule has 0 saturated carbocycles. The van der Waals surface area contributed by atoms with Crippen molar-refractivity contribution in [3.05, 3.63) is 28.8 Å². The summed E-state index contributed by atoms with van der Waals surface area (Å²) >= 11 is 4.32. The zero-order chi connectivity index (χ0) is 12.8. The number of aryl methyl sites for hydroxylation is 2. The van der Waals surface area contributed by atoms with E-state index >= 15 is 0 Å². The first-order valence-corrected chi connectivity index (χ1v) is 7.08. The molecule has 1 rings (SSSR count). The Kier molecular flexibility index (Phi) is 5.90. The average Bonchev–Trinajstić information content (AvgIpc) is 2.25. The standard InChI is InChI=1S/C15H24OS/c1-5-7-16-14-9-12(3)15(13(4)10-14)11(2)6-8-17/h9-11,17H,5-8H2,1-4H3. The molecule has 0 saturated heterocycles. The number of ether oxygens (including phenoxy) is 1. The molecule has 1 nitrogen and oxygen atoms in total. The first kappa shape index (κ1) is 14.4. The number of thiol groups is 1. The zero-order valence-electron chi connectivity index (χ0n) is 11.4. The van der Waals surface area contributed by atoms with Crippen molar-refractivity contribution in [1.82, 2.24) is 0 Å². The van der Waals surface area contributed by atoms with Gasteiger partial charge in [0.05, 0.1) is 6.61 Å². The van der Waals surface area contributed by atoms with Crippen LogP contribution in [-0.4, -0.2) is 12.4 Å². The van der Waals surface area contributed by atoms with Gasteiger partial charge in [-0.3, -0.25) is 0 Å². The minimum atomic E-state index is 0.577. The van der Waals surface area contributed by atoms with E-state index in [1.165, 1.54) is 16.7 Å². The fourth-order valence-corrected chi connectivity index (χ4v) is 2.74. The van der Waals surface area contributed by atoms with Gasteiger partial charge in [0.2, 0.25) is 0 Å². The van der Waals surface area contributed by atoms with Crippen LogP contribution in [0.3, 0.4) is 0 Å². The van der Waals surface area contributed by atoms with Gasteiger partial charge in [-0.1, -0.05) is 13.8 Å². The average molecular weight is 252 g/mol. The molecule has 1 atom stereocenters. The van der Waals surface area contributed by atoms with Crippen molar-refractivity contribution in [2.45, 2.75) is 46.5 Å². The summed E-state index contributed by atoms with van der Waals surface area (Å²) < 4.78 is 5.70. The van der Waals surface area contributed by atoms with E-state index in [0.717, 1.165) is 31.0 Å². The third kappa shape index (κ3) is 3.95. The molecule has 0 fully saturated rings. The maximum Gasteiger partial charge on any atom is 0.119 e. The Labute approximate surface area is 111 Å². The normalized spacial score (nSPS) is 12.5. The third-order valence-corrected chi connectivity index (χ3v) is 3.35. The van der Waals surface area contributed by atoms with Crippen LogP contribution >= 0.6 is 12.6 Å². The van der Waals surface area contributed by atoms with Crippen molar-refractivity contribution in [1.29, 1.82) is 0 Å². The van der Waals surface area contributed by atoms with Gasteiger partial charge in [-0.15, -0.1) is 0 Å². The molecule has 0 aromatic heterocycles. The summed E-state index contributed by atoms with van der Waals surface area (Å²) in [7, 11) is 0. The topological polar surface area (TPSA) is 9.23 Å². The maximum absolute atomic E-state index is 5.70. The highest BCUT2D eigenvalue weighted by Gasteiger charge is 2.12. The predicted octanol–water partition coefficient (Wildman–Crippen LogP) is 4.52. The van der Waals surface area contributed by atoms with Crippen LogP contribution in [0.4, 0.5) is 0 Å². The quantitative estimate of drug-likeness (QED) is 0.733. The lowest BCUT2D eigenvalue weighted by Gasteiger charge is -2.18. The molecule has 0 aliphatic heterocycles. The van der Waals surface area contributed by atoms with Crippen LogP contribution in [0.15, 0.2) is 12.1 Å². The maximum atomic E-state index is 5.70. The molecule has 0 bridgehead atoms. The van der Waals surface area contributed by atoms with Crippen LogP contribution in [0.5, 0.6) is 5.75 Å². The molecule has 0 aliphatic carbocycles. The summed E-state index contributed by atoms with van der Waals surface area (Å²) in [6.45, 7) is 9.55. The van der Waals surface area contributed by atoms with Crippen molar-refractivity contribution in [3.8, 4) is 5.75 Å². The van der Waals surface area contributed by atoms with Crippen LogP contribution in [0, 0.1) is 13.8 Å². The van der Waals surface area contributed by atoms with Gasteiger partial charge in [-0.05, 0) is 67.2 Å². The lowest BCUT2D eigenvalue weighted by Crippen LogP contribution is -2.03. The second kappa shape index (κ2) is 6.95. The van der Waals surface area contributed by atoms with Gasteiger partial charge in [0, 0.05) is 0 Å². The Morgan fingerprint density at radius 1 is 1.24 bits per heavy atom. The van der Waals surface area contributed by atoms with Gasteiger partial charge in [0.15, 0.2) is 0 Å². The molecule has 0 amide bonds. The van der Waals surface area contributed by atoms with Crippen molar-refractivity contribution in [2.24, 2.45) is 0 Å². The van der Waals surface area contributed by atoms with Crippen molar-refractivity contribution in [3.63, 3.8) is 0 Å². The lowest BCUT2D eigenvalue weighted by molar-refractivity contribution is 0.317. The van der Waals surface area contributed by atoms with Crippen LogP contribution in [0.25, 0.3) is 0 Å². The third-order valence-electron chi connectivity index (χ3n) is 3.09. The van der Waals surface area contributed by atoms with Crippen molar-refractivity contribution in [2.75, 3.05) is 12.4 Å². The molecule has 1 aromatic rings. The summed E-state index contributed by atoms with van der Waals surface area (Å²) in [5.41, 5.74) is 4.14. The van der Waals surface area contributed by atoms with Crippen LogP contribution in [0.2, 0.25) is 0 Å². The summed E-state index contributed by atoms with van der Waals surface area (Å²) in [6, 6.07) is 4.32. The van der Waals surface area contributed by atoms with E-state index in [9.17, 15) is 0 Å².